The van der Waals surface area contributed by atoms with E-state index in [1.165, 1.54) is 0 Å². The minimum atomic E-state index is 0.0543. The molecule has 118 valence electrons. The lowest BCUT2D eigenvalue weighted by Gasteiger charge is -2.25. The number of thiophene rings is 1. The van der Waals surface area contributed by atoms with Crippen molar-refractivity contribution in [2.45, 2.75) is 19.4 Å². The Morgan fingerprint density at radius 3 is 2.70 bits per heavy atom. The van der Waals surface area contributed by atoms with Gasteiger partial charge in [0, 0.05) is 23.4 Å². The van der Waals surface area contributed by atoms with Crippen molar-refractivity contribution in [1.29, 1.82) is 0 Å². The molecule has 3 rings (SSSR count). The summed E-state index contributed by atoms with van der Waals surface area (Å²) >= 11 is 3.25. The highest BCUT2D eigenvalue weighted by molar-refractivity contribution is 7.14. The lowest BCUT2D eigenvalue weighted by Crippen LogP contribution is -2.31. The number of hydrogen-bond donors (Lipinski definition) is 0. The van der Waals surface area contributed by atoms with Crippen LogP contribution in [0, 0.1) is 0 Å². The van der Waals surface area contributed by atoms with Crippen LogP contribution in [0.5, 0.6) is 0 Å². The molecule has 0 fully saturated rings. The van der Waals surface area contributed by atoms with Crippen LogP contribution in [0.4, 0.5) is 0 Å². The Labute approximate surface area is 144 Å². The van der Waals surface area contributed by atoms with Crippen LogP contribution in [0.15, 0.2) is 52.5 Å². The van der Waals surface area contributed by atoms with Crippen molar-refractivity contribution in [3.8, 4) is 10.6 Å². The zero-order valence-corrected chi connectivity index (χ0v) is 14.7. The van der Waals surface area contributed by atoms with Crippen molar-refractivity contribution >= 4 is 28.6 Å². The second kappa shape index (κ2) is 7.06. The van der Waals surface area contributed by atoms with E-state index in [0.29, 0.717) is 6.42 Å². The van der Waals surface area contributed by atoms with E-state index in [4.69, 9.17) is 0 Å². The van der Waals surface area contributed by atoms with Gasteiger partial charge in [-0.15, -0.1) is 11.3 Å². The Balaban J connectivity index is 1.67. The zero-order valence-electron chi connectivity index (χ0n) is 13.1. The number of aromatic nitrogens is 1. The summed E-state index contributed by atoms with van der Waals surface area (Å²) in [5.74, 6) is 0.0866. The fraction of sp³-hybridized carbons (Fsp3) is 0.222. The monoisotopic (exact) mass is 342 g/mol. The van der Waals surface area contributed by atoms with Gasteiger partial charge in [0.25, 0.3) is 0 Å². The second-order valence-electron chi connectivity index (χ2n) is 5.42. The number of nitrogens with zero attached hydrogens (tertiary/aromatic N) is 2. The molecule has 0 spiro atoms. The molecule has 0 aliphatic heterocycles. The highest BCUT2D eigenvalue weighted by Crippen LogP contribution is 2.26. The molecule has 0 bridgehead atoms. The highest BCUT2D eigenvalue weighted by Gasteiger charge is 2.18. The number of likely N-dealkylation sites (N-methyl/N-ethyl adjacent to an activating group) is 1. The van der Waals surface area contributed by atoms with Crippen molar-refractivity contribution in [3.63, 3.8) is 0 Å². The average Bonchev–Trinajstić information content (AvgIpc) is 3.25. The van der Waals surface area contributed by atoms with Gasteiger partial charge in [0.2, 0.25) is 5.91 Å². The van der Waals surface area contributed by atoms with Crippen LogP contribution >= 0.6 is 22.7 Å². The third-order valence-corrected chi connectivity index (χ3v) is 5.53. The Morgan fingerprint density at radius 2 is 2.00 bits per heavy atom. The molecule has 1 aromatic carbocycles. The van der Waals surface area contributed by atoms with Gasteiger partial charge in [0.1, 0.15) is 5.01 Å². The number of rotatable bonds is 5. The molecule has 0 radical (unpaired) electrons. The number of amides is 1. The van der Waals surface area contributed by atoms with Crippen LogP contribution in [0.2, 0.25) is 0 Å². The number of carbonyl (C=O) groups excluding carboxylic acids is 1. The Morgan fingerprint density at radius 1 is 1.22 bits per heavy atom. The van der Waals surface area contributed by atoms with Gasteiger partial charge in [-0.2, -0.15) is 11.3 Å². The van der Waals surface area contributed by atoms with E-state index < -0.39 is 0 Å². The molecule has 0 saturated heterocycles. The molecule has 0 aliphatic rings. The fourth-order valence-electron chi connectivity index (χ4n) is 2.36. The molecule has 0 saturated carbocycles. The quantitative estimate of drug-likeness (QED) is 0.677. The van der Waals surface area contributed by atoms with Gasteiger partial charge in [-0.1, -0.05) is 30.3 Å². The van der Waals surface area contributed by atoms with Crippen molar-refractivity contribution < 1.29 is 4.79 Å². The first-order valence-corrected chi connectivity index (χ1v) is 9.25. The van der Waals surface area contributed by atoms with E-state index in [1.807, 2.05) is 55.1 Å². The predicted octanol–water partition coefficient (Wildman–Crippen LogP) is 4.63. The lowest BCUT2D eigenvalue weighted by molar-refractivity contribution is -0.131. The Hall–Kier alpha value is -1.98. The van der Waals surface area contributed by atoms with Crippen LogP contribution in [-0.2, 0) is 11.2 Å². The Kier molecular flexibility index (Phi) is 4.88. The Bertz CT molecular complexity index is 765. The molecule has 1 atom stereocenters. The average molecular weight is 342 g/mol. The molecule has 2 heterocycles. The molecule has 5 heteroatoms. The lowest BCUT2D eigenvalue weighted by atomic mass is 10.1. The van der Waals surface area contributed by atoms with Crippen LogP contribution in [0.25, 0.3) is 10.6 Å². The minimum Gasteiger partial charge on any atom is -0.339 e. The SMILES string of the molecule is CC(c1ccccc1)N(C)C(=O)Cc1csc(-c2ccsc2)n1. The topological polar surface area (TPSA) is 33.2 Å². The van der Waals surface area contributed by atoms with E-state index in [9.17, 15) is 4.79 Å². The summed E-state index contributed by atoms with van der Waals surface area (Å²) < 4.78 is 0. The first-order valence-electron chi connectivity index (χ1n) is 7.42. The van der Waals surface area contributed by atoms with Crippen molar-refractivity contribution in [3.05, 3.63) is 63.8 Å². The minimum absolute atomic E-state index is 0.0543. The van der Waals surface area contributed by atoms with Gasteiger partial charge in [0.15, 0.2) is 0 Å². The summed E-state index contributed by atoms with van der Waals surface area (Å²) in [5, 5.41) is 7.07. The largest absolute Gasteiger partial charge is 0.339 e. The summed E-state index contributed by atoms with van der Waals surface area (Å²) in [5.41, 5.74) is 3.11. The summed E-state index contributed by atoms with van der Waals surface area (Å²) in [4.78, 5) is 18.9. The summed E-state index contributed by atoms with van der Waals surface area (Å²) in [6.07, 6.45) is 0.342. The standard InChI is InChI=1S/C18H18N2OS2/c1-13(14-6-4-3-5-7-14)20(2)17(21)10-16-12-23-18(19-16)15-8-9-22-11-15/h3-9,11-13H,10H2,1-2H3. The van der Waals surface area contributed by atoms with E-state index in [2.05, 4.69) is 16.4 Å². The van der Waals surface area contributed by atoms with Crippen molar-refractivity contribution in [2.75, 3.05) is 7.05 Å². The van der Waals surface area contributed by atoms with Gasteiger partial charge in [-0.3, -0.25) is 4.79 Å². The molecular weight excluding hydrogens is 324 g/mol. The third kappa shape index (κ3) is 3.68. The molecule has 1 unspecified atom stereocenters. The van der Waals surface area contributed by atoms with Crippen LogP contribution < -0.4 is 0 Å². The van der Waals surface area contributed by atoms with Crippen molar-refractivity contribution in [2.24, 2.45) is 0 Å². The maximum atomic E-state index is 12.5. The first-order chi connectivity index (χ1) is 11.1. The number of hydrogen-bond acceptors (Lipinski definition) is 4. The molecule has 3 aromatic rings. The van der Waals surface area contributed by atoms with Gasteiger partial charge in [-0.25, -0.2) is 4.98 Å². The van der Waals surface area contributed by atoms with E-state index >= 15 is 0 Å². The van der Waals surface area contributed by atoms with Gasteiger partial charge < -0.3 is 4.90 Å². The molecule has 0 N–H and O–H groups in total. The maximum absolute atomic E-state index is 12.5. The zero-order chi connectivity index (χ0) is 16.2. The second-order valence-corrected chi connectivity index (χ2v) is 7.06. The highest BCUT2D eigenvalue weighted by atomic mass is 32.1. The number of carbonyl (C=O) groups is 1. The molecular formula is C18H18N2OS2. The van der Waals surface area contributed by atoms with Crippen molar-refractivity contribution in [1.82, 2.24) is 9.88 Å². The predicted molar refractivity (Wildman–Crippen MR) is 96.8 cm³/mol. The van der Waals surface area contributed by atoms with Gasteiger partial charge in [-0.05, 0) is 23.9 Å². The van der Waals surface area contributed by atoms with E-state index in [-0.39, 0.29) is 11.9 Å². The third-order valence-electron chi connectivity index (χ3n) is 3.91. The van der Waals surface area contributed by atoms with Crippen LogP contribution in [0.1, 0.15) is 24.2 Å². The molecule has 2 aromatic heterocycles. The fourth-order valence-corrected chi connectivity index (χ4v) is 3.89. The maximum Gasteiger partial charge on any atom is 0.228 e. The molecule has 0 aliphatic carbocycles. The van der Waals surface area contributed by atoms with Crippen LogP contribution in [-0.4, -0.2) is 22.8 Å². The normalized spacial score (nSPS) is 12.1. The molecule has 23 heavy (non-hydrogen) atoms. The summed E-state index contributed by atoms with van der Waals surface area (Å²) in [7, 11) is 1.85. The number of thiazole rings is 1. The number of benzene rings is 1. The summed E-state index contributed by atoms with van der Waals surface area (Å²) in [6, 6.07) is 12.2. The van der Waals surface area contributed by atoms with E-state index in [0.717, 1.165) is 21.8 Å². The van der Waals surface area contributed by atoms with Gasteiger partial charge in [0.05, 0.1) is 18.2 Å². The van der Waals surface area contributed by atoms with Gasteiger partial charge >= 0.3 is 0 Å². The van der Waals surface area contributed by atoms with Crippen LogP contribution in [0.3, 0.4) is 0 Å². The first kappa shape index (κ1) is 15.9. The smallest absolute Gasteiger partial charge is 0.228 e. The summed E-state index contributed by atoms with van der Waals surface area (Å²) in [6.45, 7) is 2.05. The molecule has 3 nitrogen and oxygen atoms in total. The van der Waals surface area contributed by atoms with E-state index in [1.54, 1.807) is 27.6 Å². The molecule has 1 amide bonds.